The van der Waals surface area contributed by atoms with Crippen LogP contribution < -0.4 is 10.5 Å². The number of rotatable bonds is 0. The minimum Gasteiger partial charge on any atom is -0.491 e. The Labute approximate surface area is 69.9 Å². The van der Waals surface area contributed by atoms with Gasteiger partial charge in [0.05, 0.1) is 6.04 Å². The number of halogens is 1. The van der Waals surface area contributed by atoms with Crippen LogP contribution in [0.5, 0.6) is 5.75 Å². The molecule has 1 aliphatic rings. The fraction of sp³-hybridized carbons (Fsp3) is 0.250. The van der Waals surface area contributed by atoms with Crippen molar-refractivity contribution in [1.82, 2.24) is 0 Å². The molecule has 1 aromatic carbocycles. The van der Waals surface area contributed by atoms with Gasteiger partial charge in [0, 0.05) is 10.6 Å². The highest BCUT2D eigenvalue weighted by molar-refractivity contribution is 6.31. The molecule has 2 nitrogen and oxygen atoms in total. The molecule has 0 unspecified atom stereocenters. The second kappa shape index (κ2) is 2.40. The molecule has 3 heteroatoms. The number of benzene rings is 1. The topological polar surface area (TPSA) is 35.2 Å². The summed E-state index contributed by atoms with van der Waals surface area (Å²) in [4.78, 5) is 0. The van der Waals surface area contributed by atoms with E-state index in [-0.39, 0.29) is 6.04 Å². The van der Waals surface area contributed by atoms with Crippen LogP contribution >= 0.6 is 11.6 Å². The van der Waals surface area contributed by atoms with Gasteiger partial charge in [-0.3, -0.25) is 0 Å². The first-order valence-corrected chi connectivity index (χ1v) is 3.83. The van der Waals surface area contributed by atoms with E-state index in [2.05, 4.69) is 0 Å². The zero-order chi connectivity index (χ0) is 7.84. The Morgan fingerprint density at radius 3 is 3.09 bits per heavy atom. The fourth-order valence-electron chi connectivity index (χ4n) is 1.27. The van der Waals surface area contributed by atoms with Crippen LogP contribution in [-0.4, -0.2) is 6.61 Å². The van der Waals surface area contributed by atoms with Crippen LogP contribution in [0.2, 0.25) is 5.02 Å². The summed E-state index contributed by atoms with van der Waals surface area (Å²) in [5, 5.41) is 0.701. The summed E-state index contributed by atoms with van der Waals surface area (Å²) in [6.07, 6.45) is 0. The van der Waals surface area contributed by atoms with Crippen LogP contribution in [0.4, 0.5) is 0 Å². The monoisotopic (exact) mass is 169 g/mol. The molecule has 0 bridgehead atoms. The normalized spacial score (nSPS) is 21.1. The predicted molar refractivity (Wildman–Crippen MR) is 43.9 cm³/mol. The molecule has 0 saturated heterocycles. The molecule has 1 atom stereocenters. The van der Waals surface area contributed by atoms with Crippen molar-refractivity contribution in [3.8, 4) is 5.75 Å². The summed E-state index contributed by atoms with van der Waals surface area (Å²) in [5.74, 6) is 0.824. The summed E-state index contributed by atoms with van der Waals surface area (Å²) in [5.41, 5.74) is 6.68. The van der Waals surface area contributed by atoms with Crippen LogP contribution in [0, 0.1) is 0 Å². The van der Waals surface area contributed by atoms with Gasteiger partial charge in [-0.05, 0) is 12.1 Å². The van der Waals surface area contributed by atoms with Gasteiger partial charge in [0.25, 0.3) is 0 Å². The molecule has 0 spiro atoms. The van der Waals surface area contributed by atoms with Gasteiger partial charge in [0.2, 0.25) is 0 Å². The van der Waals surface area contributed by atoms with Crippen molar-refractivity contribution >= 4 is 11.6 Å². The second-order valence-electron chi connectivity index (χ2n) is 2.57. The van der Waals surface area contributed by atoms with Crippen LogP contribution in [0.25, 0.3) is 0 Å². The zero-order valence-electron chi connectivity index (χ0n) is 5.88. The van der Waals surface area contributed by atoms with Crippen molar-refractivity contribution in [3.05, 3.63) is 28.8 Å². The summed E-state index contributed by atoms with van der Waals surface area (Å²) in [6.45, 7) is 0.541. The Morgan fingerprint density at radius 2 is 2.36 bits per heavy atom. The average molecular weight is 170 g/mol. The first-order valence-electron chi connectivity index (χ1n) is 3.46. The lowest BCUT2D eigenvalue weighted by molar-refractivity contribution is 0.333. The molecule has 0 aromatic heterocycles. The number of fused-ring (bicyclic) bond motifs is 1. The van der Waals surface area contributed by atoms with Gasteiger partial charge in [-0.1, -0.05) is 17.7 Å². The third-order valence-corrected chi connectivity index (χ3v) is 2.13. The average Bonchev–Trinajstić information content (AvgIpc) is 2.34. The lowest BCUT2D eigenvalue weighted by Gasteiger charge is -2.01. The van der Waals surface area contributed by atoms with Gasteiger partial charge >= 0.3 is 0 Å². The highest BCUT2D eigenvalue weighted by atomic mass is 35.5. The molecule has 1 aromatic rings. The Morgan fingerprint density at radius 1 is 1.55 bits per heavy atom. The maximum Gasteiger partial charge on any atom is 0.125 e. The van der Waals surface area contributed by atoms with Gasteiger partial charge in [0.1, 0.15) is 12.4 Å². The molecular weight excluding hydrogens is 162 g/mol. The Bertz CT molecular complexity index is 287. The van der Waals surface area contributed by atoms with E-state index < -0.39 is 0 Å². The van der Waals surface area contributed by atoms with E-state index in [1.165, 1.54) is 0 Å². The van der Waals surface area contributed by atoms with E-state index in [0.29, 0.717) is 11.6 Å². The molecular formula is C8H8ClNO. The summed E-state index contributed by atoms with van der Waals surface area (Å²) < 4.78 is 5.28. The van der Waals surface area contributed by atoms with Crippen molar-refractivity contribution < 1.29 is 4.74 Å². The van der Waals surface area contributed by atoms with Gasteiger partial charge < -0.3 is 10.5 Å². The Balaban J connectivity index is 2.58. The first-order chi connectivity index (χ1) is 5.29. The molecule has 0 radical (unpaired) electrons. The van der Waals surface area contributed by atoms with Crippen LogP contribution in [0.1, 0.15) is 11.6 Å². The first kappa shape index (κ1) is 6.95. The van der Waals surface area contributed by atoms with Gasteiger partial charge in [-0.2, -0.15) is 0 Å². The van der Waals surface area contributed by atoms with Crippen molar-refractivity contribution in [2.75, 3.05) is 6.61 Å². The molecule has 1 aliphatic heterocycles. The number of ether oxygens (including phenoxy) is 1. The highest BCUT2D eigenvalue weighted by Gasteiger charge is 2.22. The number of hydrogen-bond donors (Lipinski definition) is 1. The summed E-state index contributed by atoms with van der Waals surface area (Å²) in [6, 6.07) is 5.51. The summed E-state index contributed by atoms with van der Waals surface area (Å²) in [7, 11) is 0. The molecule has 1 heterocycles. The molecule has 0 amide bonds. The maximum absolute atomic E-state index is 5.90. The third-order valence-electron chi connectivity index (χ3n) is 1.80. The molecule has 2 N–H and O–H groups in total. The lowest BCUT2D eigenvalue weighted by Crippen LogP contribution is -2.11. The smallest absolute Gasteiger partial charge is 0.125 e. The van der Waals surface area contributed by atoms with E-state index in [1.807, 2.05) is 18.2 Å². The van der Waals surface area contributed by atoms with Gasteiger partial charge in [-0.15, -0.1) is 0 Å². The van der Waals surface area contributed by atoms with E-state index in [0.717, 1.165) is 11.3 Å². The Hall–Kier alpha value is -0.730. The number of nitrogens with two attached hydrogens (primary N) is 1. The summed E-state index contributed by atoms with van der Waals surface area (Å²) >= 11 is 5.90. The molecule has 0 fully saturated rings. The fourth-order valence-corrected chi connectivity index (χ4v) is 1.57. The molecule has 58 valence electrons. The molecule has 0 aliphatic carbocycles. The van der Waals surface area contributed by atoms with Gasteiger partial charge in [0.15, 0.2) is 0 Å². The SMILES string of the molecule is N[C@H]1COc2cccc(Cl)c21. The minimum absolute atomic E-state index is 0.0568. The molecule has 11 heavy (non-hydrogen) atoms. The minimum atomic E-state index is -0.0568. The van der Waals surface area contributed by atoms with Crippen LogP contribution in [0.3, 0.4) is 0 Å². The van der Waals surface area contributed by atoms with E-state index in [1.54, 1.807) is 0 Å². The largest absolute Gasteiger partial charge is 0.491 e. The van der Waals surface area contributed by atoms with E-state index in [4.69, 9.17) is 22.1 Å². The van der Waals surface area contributed by atoms with E-state index in [9.17, 15) is 0 Å². The second-order valence-corrected chi connectivity index (χ2v) is 2.98. The molecule has 2 rings (SSSR count). The van der Waals surface area contributed by atoms with E-state index >= 15 is 0 Å². The Kier molecular flexibility index (Phi) is 1.51. The predicted octanol–water partition coefficient (Wildman–Crippen LogP) is 1.73. The highest BCUT2D eigenvalue weighted by Crippen LogP contribution is 2.35. The lowest BCUT2D eigenvalue weighted by atomic mass is 10.1. The van der Waals surface area contributed by atoms with Crippen LogP contribution in [0.15, 0.2) is 18.2 Å². The van der Waals surface area contributed by atoms with Crippen LogP contribution in [-0.2, 0) is 0 Å². The van der Waals surface area contributed by atoms with Crippen molar-refractivity contribution in [3.63, 3.8) is 0 Å². The van der Waals surface area contributed by atoms with Crippen molar-refractivity contribution in [2.45, 2.75) is 6.04 Å². The maximum atomic E-state index is 5.90. The molecule has 0 saturated carbocycles. The third kappa shape index (κ3) is 0.988. The zero-order valence-corrected chi connectivity index (χ0v) is 6.64. The quantitative estimate of drug-likeness (QED) is 0.642. The van der Waals surface area contributed by atoms with Crippen molar-refractivity contribution in [2.24, 2.45) is 5.73 Å². The van der Waals surface area contributed by atoms with Crippen molar-refractivity contribution in [1.29, 1.82) is 0 Å². The standard InChI is InChI=1S/C8H8ClNO/c9-5-2-1-3-7-8(5)6(10)4-11-7/h1-3,6H,4,10H2/t6-/m0/s1. The number of hydrogen-bond acceptors (Lipinski definition) is 2. The van der Waals surface area contributed by atoms with Gasteiger partial charge in [-0.25, -0.2) is 0 Å².